The number of rotatable bonds is 5. The maximum atomic E-state index is 14.2. The van der Waals surface area contributed by atoms with Crippen LogP contribution < -0.4 is 10.1 Å². The first kappa shape index (κ1) is 18.6. The first-order valence-corrected chi connectivity index (χ1v) is 8.49. The number of carboxylic acid groups (broad SMARTS) is 1. The second kappa shape index (κ2) is 7.61. The number of carbonyl (C=O) groups excluding carboxylic acids is 1. The van der Waals surface area contributed by atoms with Crippen LogP contribution in [0.15, 0.2) is 42.6 Å². The highest BCUT2D eigenvalue weighted by Crippen LogP contribution is 2.30. The maximum absolute atomic E-state index is 14.2. The Kier molecular flexibility index (Phi) is 5.25. The SMILES string of the molecule is CC1(C(=O)O)CCN(C(=O)Nc2ccc(OCc3ccccn3)c(F)c2)C1. The number of pyridine rings is 1. The molecule has 2 amide bonds. The number of amides is 2. The molecule has 27 heavy (non-hydrogen) atoms. The second-order valence-electron chi connectivity index (χ2n) is 6.72. The van der Waals surface area contributed by atoms with E-state index in [0.29, 0.717) is 18.7 Å². The van der Waals surface area contributed by atoms with Crippen LogP contribution in [0.5, 0.6) is 5.75 Å². The van der Waals surface area contributed by atoms with Gasteiger partial charge in [-0.3, -0.25) is 9.78 Å². The van der Waals surface area contributed by atoms with Crippen LogP contribution in [0.2, 0.25) is 0 Å². The van der Waals surface area contributed by atoms with Crippen molar-refractivity contribution in [3.63, 3.8) is 0 Å². The van der Waals surface area contributed by atoms with E-state index >= 15 is 0 Å². The molecule has 142 valence electrons. The van der Waals surface area contributed by atoms with Crippen molar-refractivity contribution in [2.45, 2.75) is 20.0 Å². The molecule has 1 fully saturated rings. The summed E-state index contributed by atoms with van der Waals surface area (Å²) >= 11 is 0. The van der Waals surface area contributed by atoms with Gasteiger partial charge in [-0.1, -0.05) is 6.07 Å². The van der Waals surface area contributed by atoms with Crippen molar-refractivity contribution in [2.24, 2.45) is 5.41 Å². The Morgan fingerprint density at radius 1 is 1.37 bits per heavy atom. The molecule has 2 aromatic rings. The van der Waals surface area contributed by atoms with Crippen LogP contribution in [-0.4, -0.2) is 40.1 Å². The molecule has 0 saturated carbocycles. The van der Waals surface area contributed by atoms with Crippen LogP contribution >= 0.6 is 0 Å². The molecule has 1 atom stereocenters. The summed E-state index contributed by atoms with van der Waals surface area (Å²) < 4.78 is 19.6. The van der Waals surface area contributed by atoms with Crippen LogP contribution in [0.25, 0.3) is 0 Å². The van der Waals surface area contributed by atoms with E-state index in [1.165, 1.54) is 17.0 Å². The van der Waals surface area contributed by atoms with Gasteiger partial charge < -0.3 is 20.1 Å². The van der Waals surface area contributed by atoms with Gasteiger partial charge in [0.05, 0.1) is 11.1 Å². The third kappa shape index (κ3) is 4.33. The molecule has 0 spiro atoms. The van der Waals surface area contributed by atoms with E-state index in [0.717, 1.165) is 6.07 Å². The molecule has 1 aliphatic heterocycles. The molecular formula is C19H20FN3O4. The smallest absolute Gasteiger partial charge is 0.321 e. The lowest BCUT2D eigenvalue weighted by Gasteiger charge is -2.20. The number of anilines is 1. The van der Waals surface area contributed by atoms with Gasteiger partial charge >= 0.3 is 12.0 Å². The van der Waals surface area contributed by atoms with Crippen LogP contribution in [0, 0.1) is 11.2 Å². The molecule has 0 radical (unpaired) electrons. The highest BCUT2D eigenvalue weighted by molar-refractivity contribution is 5.90. The Morgan fingerprint density at radius 2 is 2.19 bits per heavy atom. The molecule has 2 heterocycles. The number of hydrogen-bond donors (Lipinski definition) is 2. The molecule has 3 rings (SSSR count). The van der Waals surface area contributed by atoms with Crippen LogP contribution in [0.1, 0.15) is 19.0 Å². The van der Waals surface area contributed by atoms with E-state index in [1.54, 1.807) is 25.3 Å². The lowest BCUT2D eigenvalue weighted by molar-refractivity contribution is -0.146. The van der Waals surface area contributed by atoms with Gasteiger partial charge in [-0.15, -0.1) is 0 Å². The predicted octanol–water partition coefficient (Wildman–Crippen LogP) is 3.13. The molecular weight excluding hydrogens is 353 g/mol. The number of carboxylic acids is 1. The molecule has 1 unspecified atom stereocenters. The summed E-state index contributed by atoms with van der Waals surface area (Å²) in [5, 5.41) is 11.8. The number of aliphatic carboxylic acids is 1. The number of carbonyl (C=O) groups is 2. The summed E-state index contributed by atoms with van der Waals surface area (Å²) in [4.78, 5) is 29.1. The zero-order chi connectivity index (χ0) is 19.4. The lowest BCUT2D eigenvalue weighted by atomic mass is 9.90. The Labute approximate surface area is 155 Å². The topological polar surface area (TPSA) is 91.8 Å². The zero-order valence-electron chi connectivity index (χ0n) is 14.8. The second-order valence-corrected chi connectivity index (χ2v) is 6.72. The summed E-state index contributed by atoms with van der Waals surface area (Å²) in [5.41, 5.74) is -0.0115. The third-order valence-corrected chi connectivity index (χ3v) is 4.56. The Balaban J connectivity index is 1.59. The van der Waals surface area contributed by atoms with E-state index < -0.39 is 23.2 Å². The van der Waals surface area contributed by atoms with Gasteiger partial charge in [0.1, 0.15) is 6.61 Å². The number of aromatic nitrogens is 1. The number of halogens is 1. The van der Waals surface area contributed by atoms with Crippen molar-refractivity contribution in [2.75, 3.05) is 18.4 Å². The van der Waals surface area contributed by atoms with Crippen molar-refractivity contribution in [3.05, 3.63) is 54.1 Å². The number of urea groups is 1. The first-order valence-electron chi connectivity index (χ1n) is 8.49. The molecule has 8 heteroatoms. The molecule has 1 saturated heterocycles. The summed E-state index contributed by atoms with van der Waals surface area (Å²) in [6, 6.07) is 9.03. The van der Waals surface area contributed by atoms with Gasteiger partial charge in [0.15, 0.2) is 11.6 Å². The van der Waals surface area contributed by atoms with Gasteiger partial charge in [0, 0.05) is 31.0 Å². The van der Waals surface area contributed by atoms with Crippen LogP contribution in [0.4, 0.5) is 14.9 Å². The molecule has 7 nitrogen and oxygen atoms in total. The van der Waals surface area contributed by atoms with E-state index in [2.05, 4.69) is 10.3 Å². The van der Waals surface area contributed by atoms with E-state index in [-0.39, 0.29) is 24.6 Å². The predicted molar refractivity (Wildman–Crippen MR) is 95.9 cm³/mol. The van der Waals surface area contributed by atoms with Crippen LogP contribution in [0.3, 0.4) is 0 Å². The van der Waals surface area contributed by atoms with Crippen LogP contribution in [-0.2, 0) is 11.4 Å². The molecule has 1 aliphatic rings. The van der Waals surface area contributed by atoms with E-state index in [1.807, 2.05) is 6.07 Å². The Hall–Kier alpha value is -3.16. The van der Waals surface area contributed by atoms with Gasteiger partial charge in [-0.2, -0.15) is 0 Å². The number of likely N-dealkylation sites (tertiary alicyclic amines) is 1. The largest absolute Gasteiger partial charge is 0.484 e. The minimum atomic E-state index is -0.953. The monoisotopic (exact) mass is 373 g/mol. The number of benzene rings is 1. The van der Waals surface area contributed by atoms with Gasteiger partial charge in [0.2, 0.25) is 0 Å². The number of hydrogen-bond acceptors (Lipinski definition) is 4. The third-order valence-electron chi connectivity index (χ3n) is 4.56. The minimum Gasteiger partial charge on any atom is -0.484 e. The van der Waals surface area contributed by atoms with Crippen molar-refractivity contribution >= 4 is 17.7 Å². The summed E-state index contributed by atoms with van der Waals surface area (Å²) in [7, 11) is 0. The quantitative estimate of drug-likeness (QED) is 0.840. The number of ether oxygens (including phenoxy) is 1. The zero-order valence-corrected chi connectivity index (χ0v) is 14.8. The fourth-order valence-corrected chi connectivity index (χ4v) is 2.84. The molecule has 1 aromatic heterocycles. The molecule has 1 aromatic carbocycles. The lowest BCUT2D eigenvalue weighted by Crippen LogP contribution is -2.37. The van der Waals surface area contributed by atoms with Crippen molar-refractivity contribution in [1.82, 2.24) is 9.88 Å². The Bertz CT molecular complexity index is 846. The molecule has 0 aliphatic carbocycles. The van der Waals surface area contributed by atoms with Crippen molar-refractivity contribution in [1.29, 1.82) is 0 Å². The van der Waals surface area contributed by atoms with Gasteiger partial charge in [-0.05, 0) is 37.6 Å². The summed E-state index contributed by atoms with van der Waals surface area (Å²) in [6.45, 7) is 2.19. The van der Waals surface area contributed by atoms with Gasteiger partial charge in [-0.25, -0.2) is 9.18 Å². The highest BCUT2D eigenvalue weighted by Gasteiger charge is 2.42. The molecule has 0 bridgehead atoms. The fraction of sp³-hybridized carbons (Fsp3) is 0.316. The van der Waals surface area contributed by atoms with Crippen molar-refractivity contribution in [3.8, 4) is 5.75 Å². The van der Waals surface area contributed by atoms with E-state index in [4.69, 9.17) is 4.74 Å². The normalized spacial score (nSPS) is 19.0. The fourth-order valence-electron chi connectivity index (χ4n) is 2.84. The summed E-state index contributed by atoms with van der Waals surface area (Å²) in [6.07, 6.45) is 2.01. The average molecular weight is 373 g/mol. The first-order chi connectivity index (χ1) is 12.9. The van der Waals surface area contributed by atoms with Gasteiger partial charge in [0.25, 0.3) is 0 Å². The van der Waals surface area contributed by atoms with Crippen molar-refractivity contribution < 1.29 is 23.8 Å². The minimum absolute atomic E-state index is 0.0540. The molecule has 2 N–H and O–H groups in total. The standard InChI is InChI=1S/C19H20FN3O4/c1-19(17(24)25)7-9-23(12-19)18(26)22-13-5-6-16(15(20)10-13)27-11-14-4-2-3-8-21-14/h2-6,8,10H,7,9,11-12H2,1H3,(H,22,26)(H,24,25). The number of nitrogens with one attached hydrogen (secondary N) is 1. The summed E-state index contributed by atoms with van der Waals surface area (Å²) in [5.74, 6) is -1.49. The average Bonchev–Trinajstić information content (AvgIpc) is 3.06. The van der Waals surface area contributed by atoms with E-state index in [9.17, 15) is 19.1 Å². The Morgan fingerprint density at radius 3 is 2.81 bits per heavy atom. The highest BCUT2D eigenvalue weighted by atomic mass is 19.1. The number of nitrogens with zero attached hydrogens (tertiary/aromatic N) is 2. The maximum Gasteiger partial charge on any atom is 0.321 e.